The van der Waals surface area contributed by atoms with Crippen molar-refractivity contribution in [2.45, 2.75) is 168 Å². The van der Waals surface area contributed by atoms with Crippen LogP contribution in [0, 0.1) is 39.4 Å². The zero-order valence-corrected chi connectivity index (χ0v) is 52.7. The Morgan fingerprint density at radius 1 is 0.425 bits per heavy atom. The van der Waals surface area contributed by atoms with Crippen molar-refractivity contribution in [3.63, 3.8) is 0 Å². The van der Waals surface area contributed by atoms with E-state index in [0.717, 1.165) is 17.9 Å². The molecule has 0 saturated heterocycles. The first-order valence-corrected chi connectivity index (χ1v) is 28.4. The summed E-state index contributed by atoms with van der Waals surface area (Å²) in [5, 5.41) is 8.56. The standard InChI is InChI=1S/C21H39NO7S3.5C6H11NO.Re/c1-21(2,19-22-3)29-12-9-17-31(25,26)15-7-4-8-16-32(27,28)18-10-14-30-13-6-5-11-20(23)24;5*1-6(2,8-4)5-7-3;/h4-19H2,1-2H3,(H,23,24);5*5H2,1-2,4H3;. The van der Waals surface area contributed by atoms with Gasteiger partial charge in [-0.1, -0.05) is 6.42 Å². The third-order valence-electron chi connectivity index (χ3n) is 9.70. The Hall–Kier alpha value is -2.92. The number of carboxylic acids is 1. The Kier molecular flexibility index (Phi) is 54.7. The fraction of sp³-hybridized carbons (Fsp3) is 0.863. The number of unbranched alkanes of at least 4 members (excludes halogenated alkanes) is 3. The Morgan fingerprint density at radius 2 is 0.685 bits per heavy atom. The number of methoxy groups -OCH3 is 5. The average molecular weight is 1270 g/mol. The number of rotatable bonds is 31. The van der Waals surface area contributed by atoms with Gasteiger partial charge in [-0.25, -0.2) is 56.3 Å². The van der Waals surface area contributed by atoms with Gasteiger partial charge < -0.3 is 62.6 Å². The second-order valence-electron chi connectivity index (χ2n) is 19.9. The molecule has 18 nitrogen and oxygen atoms in total. The Labute approximate surface area is 462 Å². The molecular formula is C51H94N6O12ReS3. The summed E-state index contributed by atoms with van der Waals surface area (Å²) >= 11 is 1.65. The molecule has 22 heteroatoms. The molecule has 0 aliphatic carbocycles. The van der Waals surface area contributed by atoms with Crippen molar-refractivity contribution in [1.29, 1.82) is 0 Å². The molecule has 0 aromatic carbocycles. The smallest absolute Gasteiger partial charge is 0.303 e. The van der Waals surface area contributed by atoms with Gasteiger partial charge in [0.15, 0.2) is 0 Å². The molecule has 0 spiro atoms. The number of hydrogen-bond donors (Lipinski definition) is 1. The van der Waals surface area contributed by atoms with E-state index in [-0.39, 0.29) is 84.4 Å². The molecule has 0 saturated carbocycles. The number of carbonyl (C=O) groups is 1. The Bertz CT molecular complexity index is 1730. The van der Waals surface area contributed by atoms with Crippen LogP contribution < -0.4 is 0 Å². The average Bonchev–Trinajstić information content (AvgIpc) is 3.27. The molecule has 0 amide bonds. The molecule has 0 aromatic rings. The molecule has 0 unspecified atom stereocenters. The van der Waals surface area contributed by atoms with Crippen molar-refractivity contribution in [3.8, 4) is 0 Å². The van der Waals surface area contributed by atoms with E-state index in [9.17, 15) is 21.6 Å². The molecule has 1 radical (unpaired) electrons. The zero-order chi connectivity index (χ0) is 57.6. The maximum Gasteiger partial charge on any atom is 0.303 e. The third kappa shape index (κ3) is 69.1. The van der Waals surface area contributed by atoms with Gasteiger partial charge >= 0.3 is 5.97 Å². The van der Waals surface area contributed by atoms with E-state index in [1.54, 1.807) is 61.2 Å². The van der Waals surface area contributed by atoms with Gasteiger partial charge in [-0.3, -0.25) is 4.79 Å². The van der Waals surface area contributed by atoms with Crippen LogP contribution in [-0.2, 0) is 73.3 Å². The summed E-state index contributed by atoms with van der Waals surface area (Å²) in [6, 6.07) is 0. The van der Waals surface area contributed by atoms with Crippen molar-refractivity contribution < 1.29 is 75.6 Å². The van der Waals surface area contributed by atoms with Crippen LogP contribution in [0.5, 0.6) is 0 Å². The van der Waals surface area contributed by atoms with Gasteiger partial charge in [0.25, 0.3) is 0 Å². The number of aliphatic carboxylic acids is 1. The molecule has 0 atom stereocenters. The summed E-state index contributed by atoms with van der Waals surface area (Å²) < 4.78 is 78.7. The molecule has 0 rings (SSSR count). The Balaban J connectivity index is -0.000000171. The Morgan fingerprint density at radius 3 is 0.945 bits per heavy atom. The predicted octanol–water partition coefficient (Wildman–Crippen LogP) is 10.1. The van der Waals surface area contributed by atoms with Gasteiger partial charge in [0.1, 0.15) is 53.3 Å². The number of hydrogen-bond acceptors (Lipinski definition) is 12. The second-order valence-corrected chi connectivity index (χ2v) is 25.7. The second kappa shape index (κ2) is 47.5. The molecule has 0 aromatic heterocycles. The summed E-state index contributed by atoms with van der Waals surface area (Å²) in [5.41, 5.74) is -1.88. The van der Waals surface area contributed by atoms with Crippen LogP contribution in [0.25, 0.3) is 29.1 Å². The van der Waals surface area contributed by atoms with Crippen LogP contribution in [0.15, 0.2) is 0 Å². The quantitative estimate of drug-likeness (QED) is 0.0511. The number of nitrogens with zero attached hydrogens (tertiary/aromatic N) is 6. The van der Waals surface area contributed by atoms with Gasteiger partial charge in [-0.05, 0) is 133 Å². The first-order chi connectivity index (χ1) is 33.0. The van der Waals surface area contributed by atoms with Gasteiger partial charge in [-0.15, -0.1) is 0 Å². The van der Waals surface area contributed by atoms with Crippen molar-refractivity contribution in [2.75, 3.05) is 116 Å². The van der Waals surface area contributed by atoms with Gasteiger partial charge in [0, 0.05) is 69.0 Å². The van der Waals surface area contributed by atoms with Crippen molar-refractivity contribution in [1.82, 2.24) is 0 Å². The number of thioether (sulfide) groups is 1. The zero-order valence-electron chi connectivity index (χ0n) is 47.6. The fourth-order valence-corrected chi connectivity index (χ4v) is 8.11. The van der Waals surface area contributed by atoms with Crippen LogP contribution in [0.1, 0.15) is 134 Å². The summed E-state index contributed by atoms with van der Waals surface area (Å²) in [7, 11) is 1.78. The third-order valence-corrected chi connectivity index (χ3v) is 14.5. The van der Waals surface area contributed by atoms with E-state index in [0.29, 0.717) is 77.9 Å². The van der Waals surface area contributed by atoms with E-state index < -0.39 is 31.2 Å². The number of carboxylic acid groups (broad SMARTS) is 1. The molecule has 0 aliphatic rings. The van der Waals surface area contributed by atoms with E-state index in [1.165, 1.54) is 0 Å². The summed E-state index contributed by atoms with van der Waals surface area (Å²) in [4.78, 5) is 29.7. The normalized spacial score (nSPS) is 11.4. The topological polar surface area (TPSA) is 187 Å². The molecule has 0 heterocycles. The van der Waals surface area contributed by atoms with Crippen LogP contribution in [-0.4, -0.2) is 177 Å². The molecule has 1 N–H and O–H groups in total. The van der Waals surface area contributed by atoms with Crippen LogP contribution >= 0.6 is 11.8 Å². The van der Waals surface area contributed by atoms with Crippen molar-refractivity contribution in [3.05, 3.63) is 68.5 Å². The van der Waals surface area contributed by atoms with E-state index in [4.69, 9.17) is 73.0 Å². The fourth-order valence-electron chi connectivity index (χ4n) is 4.13. The summed E-state index contributed by atoms with van der Waals surface area (Å²) in [5.74, 6) is 1.10. The molecular weight excluding hydrogens is 1170 g/mol. The van der Waals surface area contributed by atoms with E-state index in [1.807, 2.05) is 69.2 Å². The monoisotopic (exact) mass is 1270 g/mol. The molecule has 0 fully saturated rings. The minimum absolute atomic E-state index is 0. The maximum atomic E-state index is 12.1. The number of ether oxygens (including phenoxy) is 6. The van der Waals surface area contributed by atoms with Gasteiger partial charge in [0.2, 0.25) is 39.3 Å². The number of sulfone groups is 2. The molecule has 0 bridgehead atoms. The first kappa shape index (κ1) is 84.0. The molecule has 0 aliphatic heterocycles. The van der Waals surface area contributed by atoms with Gasteiger partial charge in [-0.2, -0.15) is 11.8 Å². The SMILES string of the molecule is [C-]#[N+]CC(C)(C)OC.[C-]#[N+]CC(C)(C)OC.[C-]#[N+]CC(C)(C)OC.[C-]#[N+]CC(C)(C)OC.[C-]#[N+]CC(C)(C)OC.[C-]#[N+]CC(C)(C)OCCCS(=O)(=O)CCCCCS(=O)(=O)CCCSCCCCC(=O)O.[Re]. The van der Waals surface area contributed by atoms with Crippen LogP contribution in [0.4, 0.5) is 0 Å². The molecule has 73 heavy (non-hydrogen) atoms. The van der Waals surface area contributed by atoms with Crippen LogP contribution in [0.3, 0.4) is 0 Å². The maximum absolute atomic E-state index is 12.1. The van der Waals surface area contributed by atoms with E-state index >= 15 is 0 Å². The minimum atomic E-state index is -3.18. The first-order valence-electron chi connectivity index (χ1n) is 23.6. The van der Waals surface area contributed by atoms with Crippen molar-refractivity contribution in [2.24, 2.45) is 0 Å². The largest absolute Gasteiger partial charge is 0.481 e. The van der Waals surface area contributed by atoms with Crippen LogP contribution in [0.2, 0.25) is 0 Å². The predicted molar refractivity (Wildman–Crippen MR) is 293 cm³/mol. The van der Waals surface area contributed by atoms with Crippen molar-refractivity contribution >= 4 is 37.4 Å². The minimum Gasteiger partial charge on any atom is -0.481 e. The summed E-state index contributed by atoms with van der Waals surface area (Å²) in [6.45, 7) is 64.6. The molecule has 425 valence electrons. The van der Waals surface area contributed by atoms with Gasteiger partial charge in [0.05, 0.1) is 23.0 Å². The summed E-state index contributed by atoms with van der Waals surface area (Å²) in [6.07, 6.45) is 4.08. The van der Waals surface area contributed by atoms with E-state index in [2.05, 4.69) is 29.1 Å².